The highest BCUT2D eigenvalue weighted by molar-refractivity contribution is 6.10. The summed E-state index contributed by atoms with van der Waals surface area (Å²) in [6.45, 7) is 0. The SMILES string of the molecule is COc1ccc2[nH]cc(C(=O)Nc3cccc4ccccc34)c(=O)c2c1. The Labute approximate surface area is 149 Å². The van der Waals surface area contributed by atoms with Gasteiger partial charge in [-0.05, 0) is 29.7 Å². The first-order chi connectivity index (χ1) is 12.7. The topological polar surface area (TPSA) is 71.2 Å². The molecule has 0 fully saturated rings. The zero-order valence-corrected chi connectivity index (χ0v) is 14.1. The van der Waals surface area contributed by atoms with Crippen LogP contribution in [0.5, 0.6) is 5.75 Å². The van der Waals surface area contributed by atoms with Crippen molar-refractivity contribution in [3.05, 3.63) is 82.6 Å². The third-order valence-corrected chi connectivity index (χ3v) is 4.37. The number of H-pyrrole nitrogens is 1. The van der Waals surface area contributed by atoms with Crippen molar-refractivity contribution in [1.82, 2.24) is 4.98 Å². The van der Waals surface area contributed by atoms with E-state index in [0.717, 1.165) is 10.8 Å². The number of amides is 1. The number of ether oxygens (including phenoxy) is 1. The van der Waals surface area contributed by atoms with E-state index in [2.05, 4.69) is 10.3 Å². The molecule has 5 nitrogen and oxygen atoms in total. The third kappa shape index (κ3) is 2.69. The van der Waals surface area contributed by atoms with Gasteiger partial charge in [0.05, 0.1) is 7.11 Å². The first kappa shape index (κ1) is 15.9. The summed E-state index contributed by atoms with van der Waals surface area (Å²) >= 11 is 0. The Kier molecular flexibility index (Phi) is 3.89. The molecule has 0 saturated heterocycles. The summed E-state index contributed by atoms with van der Waals surface area (Å²) in [6, 6.07) is 18.5. The quantitative estimate of drug-likeness (QED) is 0.591. The van der Waals surface area contributed by atoms with E-state index in [0.29, 0.717) is 22.3 Å². The molecule has 0 aliphatic rings. The van der Waals surface area contributed by atoms with E-state index in [9.17, 15) is 9.59 Å². The van der Waals surface area contributed by atoms with Crippen LogP contribution in [0.25, 0.3) is 21.7 Å². The standard InChI is InChI=1S/C21H16N2O3/c1-26-14-9-10-18-16(11-14)20(24)17(12-22-18)21(25)23-19-8-4-6-13-5-2-3-7-15(13)19/h2-12H,1H3,(H,22,24)(H,23,25). The molecule has 5 heteroatoms. The van der Waals surface area contributed by atoms with Gasteiger partial charge in [-0.1, -0.05) is 36.4 Å². The Morgan fingerprint density at radius 3 is 2.65 bits per heavy atom. The van der Waals surface area contributed by atoms with E-state index in [1.165, 1.54) is 13.3 Å². The maximum atomic E-state index is 12.8. The summed E-state index contributed by atoms with van der Waals surface area (Å²) in [5.74, 6) is 0.113. The molecule has 0 aliphatic heterocycles. The minimum absolute atomic E-state index is 0.0543. The van der Waals surface area contributed by atoms with Gasteiger partial charge in [-0.3, -0.25) is 9.59 Å². The number of benzene rings is 3. The molecule has 2 N–H and O–H groups in total. The number of methoxy groups -OCH3 is 1. The van der Waals surface area contributed by atoms with Crippen LogP contribution in [0.1, 0.15) is 10.4 Å². The van der Waals surface area contributed by atoms with Crippen molar-refractivity contribution in [3.8, 4) is 5.75 Å². The van der Waals surface area contributed by atoms with Crippen LogP contribution in [0.15, 0.2) is 71.7 Å². The highest BCUT2D eigenvalue weighted by Gasteiger charge is 2.14. The van der Waals surface area contributed by atoms with Crippen molar-refractivity contribution >= 4 is 33.3 Å². The molecule has 0 saturated carbocycles. The Balaban J connectivity index is 1.76. The van der Waals surface area contributed by atoms with Gasteiger partial charge in [0.15, 0.2) is 0 Å². The number of aromatic amines is 1. The van der Waals surface area contributed by atoms with Gasteiger partial charge in [-0.2, -0.15) is 0 Å². The smallest absolute Gasteiger partial charge is 0.261 e. The first-order valence-corrected chi connectivity index (χ1v) is 8.16. The largest absolute Gasteiger partial charge is 0.497 e. The molecule has 0 atom stereocenters. The summed E-state index contributed by atoms with van der Waals surface area (Å²) < 4.78 is 5.17. The highest BCUT2D eigenvalue weighted by Crippen LogP contribution is 2.23. The van der Waals surface area contributed by atoms with Gasteiger partial charge in [0.1, 0.15) is 11.3 Å². The minimum Gasteiger partial charge on any atom is -0.497 e. The van der Waals surface area contributed by atoms with Crippen LogP contribution in [-0.4, -0.2) is 18.0 Å². The van der Waals surface area contributed by atoms with Crippen LogP contribution in [0.3, 0.4) is 0 Å². The zero-order chi connectivity index (χ0) is 18.1. The van der Waals surface area contributed by atoms with Crippen molar-refractivity contribution in [3.63, 3.8) is 0 Å². The molecule has 0 spiro atoms. The van der Waals surface area contributed by atoms with Crippen molar-refractivity contribution in [1.29, 1.82) is 0 Å². The van der Waals surface area contributed by atoms with Gasteiger partial charge >= 0.3 is 0 Å². The molecule has 4 rings (SSSR count). The Morgan fingerprint density at radius 2 is 1.81 bits per heavy atom. The lowest BCUT2D eigenvalue weighted by atomic mass is 10.1. The fourth-order valence-electron chi connectivity index (χ4n) is 3.02. The molecule has 1 amide bonds. The first-order valence-electron chi connectivity index (χ1n) is 8.16. The number of aromatic nitrogens is 1. The number of rotatable bonds is 3. The molecular formula is C21H16N2O3. The van der Waals surface area contributed by atoms with Crippen LogP contribution < -0.4 is 15.5 Å². The van der Waals surface area contributed by atoms with Gasteiger partial charge < -0.3 is 15.0 Å². The second-order valence-electron chi connectivity index (χ2n) is 5.92. The van der Waals surface area contributed by atoms with Crippen LogP contribution >= 0.6 is 0 Å². The Morgan fingerprint density at radius 1 is 1.00 bits per heavy atom. The second-order valence-corrected chi connectivity index (χ2v) is 5.92. The molecular weight excluding hydrogens is 328 g/mol. The summed E-state index contributed by atoms with van der Waals surface area (Å²) in [5, 5.41) is 5.19. The Hall–Kier alpha value is -3.60. The summed E-state index contributed by atoms with van der Waals surface area (Å²) in [5.41, 5.74) is 1.03. The van der Waals surface area contributed by atoms with E-state index < -0.39 is 5.91 Å². The number of carbonyl (C=O) groups excluding carboxylic acids is 1. The summed E-state index contributed by atoms with van der Waals surface area (Å²) in [7, 11) is 1.53. The number of nitrogens with one attached hydrogen (secondary N) is 2. The summed E-state index contributed by atoms with van der Waals surface area (Å²) in [6.07, 6.45) is 1.44. The maximum absolute atomic E-state index is 12.8. The van der Waals surface area contributed by atoms with Crippen LogP contribution in [0.4, 0.5) is 5.69 Å². The van der Waals surface area contributed by atoms with E-state index in [-0.39, 0.29) is 11.0 Å². The average molecular weight is 344 g/mol. The van der Waals surface area contributed by atoms with Gasteiger partial charge in [-0.25, -0.2) is 0 Å². The molecule has 26 heavy (non-hydrogen) atoms. The maximum Gasteiger partial charge on any atom is 0.261 e. The van der Waals surface area contributed by atoms with E-state index in [1.807, 2.05) is 42.5 Å². The third-order valence-electron chi connectivity index (χ3n) is 4.37. The monoisotopic (exact) mass is 344 g/mol. The van der Waals surface area contributed by atoms with Crippen molar-refractivity contribution in [2.45, 2.75) is 0 Å². The molecule has 3 aromatic carbocycles. The van der Waals surface area contributed by atoms with Gasteiger partial charge in [-0.15, -0.1) is 0 Å². The number of anilines is 1. The Bertz CT molecular complexity index is 1190. The molecule has 128 valence electrons. The van der Waals surface area contributed by atoms with Crippen molar-refractivity contribution < 1.29 is 9.53 Å². The van der Waals surface area contributed by atoms with Crippen molar-refractivity contribution in [2.75, 3.05) is 12.4 Å². The summed E-state index contributed by atoms with van der Waals surface area (Å²) in [4.78, 5) is 28.5. The number of hydrogen-bond acceptors (Lipinski definition) is 3. The lowest BCUT2D eigenvalue weighted by molar-refractivity contribution is 0.102. The van der Waals surface area contributed by atoms with E-state index in [4.69, 9.17) is 4.74 Å². The second kappa shape index (κ2) is 6.37. The average Bonchev–Trinajstić information content (AvgIpc) is 2.68. The molecule has 0 unspecified atom stereocenters. The fourth-order valence-corrected chi connectivity index (χ4v) is 3.02. The van der Waals surface area contributed by atoms with Crippen LogP contribution in [0.2, 0.25) is 0 Å². The number of carbonyl (C=O) groups is 1. The van der Waals surface area contributed by atoms with Crippen LogP contribution in [-0.2, 0) is 0 Å². The van der Waals surface area contributed by atoms with Gasteiger partial charge in [0.25, 0.3) is 5.91 Å². The van der Waals surface area contributed by atoms with E-state index in [1.54, 1.807) is 18.2 Å². The normalized spacial score (nSPS) is 10.8. The molecule has 1 aromatic heterocycles. The van der Waals surface area contributed by atoms with Gasteiger partial charge in [0.2, 0.25) is 5.43 Å². The molecule has 0 aliphatic carbocycles. The predicted molar refractivity (Wildman–Crippen MR) is 103 cm³/mol. The lowest BCUT2D eigenvalue weighted by Crippen LogP contribution is -2.22. The molecule has 4 aromatic rings. The van der Waals surface area contributed by atoms with Crippen LogP contribution in [0, 0.1) is 0 Å². The fraction of sp³-hybridized carbons (Fsp3) is 0.0476. The van der Waals surface area contributed by atoms with Crippen molar-refractivity contribution in [2.24, 2.45) is 0 Å². The van der Waals surface area contributed by atoms with E-state index >= 15 is 0 Å². The number of fused-ring (bicyclic) bond motifs is 2. The van der Waals surface area contributed by atoms with Gasteiger partial charge in [0, 0.05) is 28.2 Å². The predicted octanol–water partition coefficient (Wildman–Crippen LogP) is 3.94. The lowest BCUT2D eigenvalue weighted by Gasteiger charge is -2.09. The molecule has 0 radical (unpaired) electrons. The minimum atomic E-state index is -0.452. The molecule has 1 heterocycles. The highest BCUT2D eigenvalue weighted by atomic mass is 16.5. The zero-order valence-electron chi connectivity index (χ0n) is 14.1. The number of hydrogen-bond donors (Lipinski definition) is 2. The molecule has 0 bridgehead atoms. The number of pyridine rings is 1.